The second kappa shape index (κ2) is 14.8. The van der Waals surface area contributed by atoms with Gasteiger partial charge in [-0.15, -0.1) is 0 Å². The molecule has 0 aromatic carbocycles. The zero-order valence-corrected chi connectivity index (χ0v) is 33.9. The standard InChI is InChI=1S/C45H70O8/c1-26(2)9-8-10-27(3)32-14-15-34-33(32)16-18-38-35(34)13-12-30-25-31(21-23-43(30,38)6)48-39(46)19-20-40(47)49-41-29(5)37-17-11-28(4)36-22-24-44(7)51-42(50-41)45(36,37)53-52-44/h12,26-29,31-38,41-42H,8-11,13-25H2,1-7H3/t27-,28-,29-,31+,32-,33-,34-,35+,36+,37+,38+,41-,42-,43+,44?,45-/m1/s1. The Balaban J connectivity index is 0.822. The highest BCUT2D eigenvalue weighted by Gasteiger charge is 2.70. The molecule has 5 aliphatic carbocycles. The Kier molecular flexibility index (Phi) is 10.7. The number of esters is 2. The second-order valence-electron chi connectivity index (χ2n) is 20.2. The fraction of sp³-hybridized carbons (Fsp3) is 0.911. The largest absolute Gasteiger partial charge is 0.462 e. The first-order valence-corrected chi connectivity index (χ1v) is 22.1. The van der Waals surface area contributed by atoms with Gasteiger partial charge < -0.3 is 18.9 Å². The predicted octanol–water partition coefficient (Wildman–Crippen LogP) is 10.1. The van der Waals surface area contributed by atoms with Crippen molar-refractivity contribution < 1.29 is 38.3 Å². The van der Waals surface area contributed by atoms with Crippen LogP contribution in [0.25, 0.3) is 0 Å². The molecule has 8 heteroatoms. The molecule has 298 valence electrons. The SMILES string of the molecule is CC(C)CCC[C@@H](C)[C@H]1CC[C@@H]2[C@@H]1CC[C@H]1[C@H]2CC=C2C[C@@H](OC(=O)CCC(=O)O[C@@H]3O[C@@H]4OC5(C)CC[C@H]6[C@H](C)CC[C@@H]([C@H]3C)[C@@]46OO5)CC[C@@]21C. The van der Waals surface area contributed by atoms with Gasteiger partial charge in [0.15, 0.2) is 11.9 Å². The number of carbonyl (C=O) groups is 2. The summed E-state index contributed by atoms with van der Waals surface area (Å²) in [5.74, 6) is 5.04. The van der Waals surface area contributed by atoms with E-state index in [1.165, 1.54) is 56.9 Å². The van der Waals surface area contributed by atoms with Crippen molar-refractivity contribution in [3.8, 4) is 0 Å². The van der Waals surface area contributed by atoms with Crippen molar-refractivity contribution in [1.29, 1.82) is 0 Å². The molecule has 8 fully saturated rings. The molecule has 0 radical (unpaired) electrons. The van der Waals surface area contributed by atoms with Crippen molar-refractivity contribution in [2.45, 2.75) is 188 Å². The van der Waals surface area contributed by atoms with Crippen LogP contribution in [0, 0.1) is 70.5 Å². The lowest BCUT2D eigenvalue weighted by atomic mass is 9.50. The van der Waals surface area contributed by atoms with Crippen LogP contribution in [-0.2, 0) is 38.3 Å². The van der Waals surface area contributed by atoms with E-state index in [4.69, 9.17) is 28.7 Å². The molecule has 0 aromatic rings. The van der Waals surface area contributed by atoms with Crippen LogP contribution in [0.1, 0.15) is 158 Å². The molecule has 9 aliphatic rings. The van der Waals surface area contributed by atoms with Gasteiger partial charge in [0, 0.05) is 24.7 Å². The fourth-order valence-electron chi connectivity index (χ4n) is 13.8. The van der Waals surface area contributed by atoms with Crippen LogP contribution in [0.15, 0.2) is 11.6 Å². The minimum Gasteiger partial charge on any atom is -0.462 e. The molecule has 0 N–H and O–H groups in total. The molecular weight excluding hydrogens is 668 g/mol. The molecule has 4 saturated carbocycles. The van der Waals surface area contributed by atoms with Crippen LogP contribution in [0.2, 0.25) is 0 Å². The molecule has 0 amide bonds. The van der Waals surface area contributed by atoms with Crippen molar-refractivity contribution in [3.63, 3.8) is 0 Å². The second-order valence-corrected chi connectivity index (χ2v) is 20.2. The van der Waals surface area contributed by atoms with Gasteiger partial charge in [-0.1, -0.05) is 72.5 Å². The molecule has 4 aliphatic heterocycles. The van der Waals surface area contributed by atoms with Crippen LogP contribution in [0.3, 0.4) is 0 Å². The monoisotopic (exact) mass is 739 g/mol. The van der Waals surface area contributed by atoms with E-state index in [2.05, 4.69) is 47.6 Å². The molecule has 1 unspecified atom stereocenters. The van der Waals surface area contributed by atoms with Gasteiger partial charge in [0.2, 0.25) is 12.1 Å². The predicted molar refractivity (Wildman–Crippen MR) is 200 cm³/mol. The van der Waals surface area contributed by atoms with Gasteiger partial charge in [-0.3, -0.25) is 9.59 Å². The number of hydrogen-bond acceptors (Lipinski definition) is 8. The average molecular weight is 739 g/mol. The first-order valence-electron chi connectivity index (χ1n) is 22.1. The van der Waals surface area contributed by atoms with Gasteiger partial charge in [-0.05, 0) is 130 Å². The van der Waals surface area contributed by atoms with Gasteiger partial charge in [0.05, 0.1) is 12.8 Å². The zero-order valence-electron chi connectivity index (χ0n) is 33.9. The van der Waals surface area contributed by atoms with Gasteiger partial charge >= 0.3 is 11.9 Å². The van der Waals surface area contributed by atoms with Gasteiger partial charge in [-0.2, -0.15) is 0 Å². The first-order chi connectivity index (χ1) is 25.3. The highest BCUT2D eigenvalue weighted by Crippen LogP contribution is 2.64. The molecular formula is C45H70O8. The van der Waals surface area contributed by atoms with Crippen molar-refractivity contribution in [2.24, 2.45) is 70.5 Å². The van der Waals surface area contributed by atoms with E-state index in [1.807, 2.05) is 6.92 Å². The van der Waals surface area contributed by atoms with E-state index < -0.39 is 29.9 Å². The lowest BCUT2D eigenvalue weighted by molar-refractivity contribution is -0.576. The number of rotatable bonds is 10. The Labute approximate surface area is 319 Å². The Morgan fingerprint density at radius 1 is 0.811 bits per heavy atom. The number of carbonyl (C=O) groups excluding carboxylic acids is 2. The highest BCUT2D eigenvalue weighted by molar-refractivity contribution is 5.77. The summed E-state index contributed by atoms with van der Waals surface area (Å²) in [6, 6.07) is 0. The summed E-state index contributed by atoms with van der Waals surface area (Å²) in [6.07, 6.45) is 18.5. The molecule has 8 nitrogen and oxygen atoms in total. The van der Waals surface area contributed by atoms with Crippen molar-refractivity contribution in [2.75, 3.05) is 0 Å². The van der Waals surface area contributed by atoms with E-state index >= 15 is 0 Å². The Morgan fingerprint density at radius 3 is 2.36 bits per heavy atom. The summed E-state index contributed by atoms with van der Waals surface area (Å²) in [6.45, 7) is 16.0. The smallest absolute Gasteiger partial charge is 0.308 e. The van der Waals surface area contributed by atoms with E-state index in [1.54, 1.807) is 0 Å². The first kappa shape index (κ1) is 38.4. The van der Waals surface area contributed by atoms with Crippen LogP contribution in [0.5, 0.6) is 0 Å². The number of ether oxygens (including phenoxy) is 4. The molecule has 2 bridgehead atoms. The summed E-state index contributed by atoms with van der Waals surface area (Å²) in [5, 5.41) is 0. The maximum Gasteiger partial charge on any atom is 0.308 e. The third kappa shape index (κ3) is 6.88. The van der Waals surface area contributed by atoms with Crippen LogP contribution >= 0.6 is 0 Å². The molecule has 16 atom stereocenters. The lowest BCUT2D eigenvalue weighted by Gasteiger charge is -2.59. The van der Waals surface area contributed by atoms with Crippen molar-refractivity contribution in [3.05, 3.63) is 11.6 Å². The minimum atomic E-state index is -0.882. The summed E-state index contributed by atoms with van der Waals surface area (Å²) in [7, 11) is 0. The molecule has 53 heavy (non-hydrogen) atoms. The third-order valence-corrected chi connectivity index (χ3v) is 16.8. The Bertz CT molecular complexity index is 1390. The van der Waals surface area contributed by atoms with Crippen LogP contribution < -0.4 is 0 Å². The topological polar surface area (TPSA) is 89.5 Å². The van der Waals surface area contributed by atoms with E-state index in [0.717, 1.165) is 86.4 Å². The number of fused-ring (bicyclic) bond motifs is 7. The zero-order chi connectivity index (χ0) is 37.3. The summed E-state index contributed by atoms with van der Waals surface area (Å²) in [5.41, 5.74) is 1.05. The number of hydrogen-bond donors (Lipinski definition) is 0. The summed E-state index contributed by atoms with van der Waals surface area (Å²) < 4.78 is 24.8. The van der Waals surface area contributed by atoms with E-state index in [-0.39, 0.29) is 48.1 Å². The summed E-state index contributed by atoms with van der Waals surface area (Å²) >= 11 is 0. The molecule has 1 spiro atoms. The van der Waals surface area contributed by atoms with Gasteiger partial charge in [0.25, 0.3) is 0 Å². The minimum absolute atomic E-state index is 0.0134. The maximum absolute atomic E-state index is 13.2. The Morgan fingerprint density at radius 2 is 1.57 bits per heavy atom. The molecule has 4 saturated heterocycles. The lowest BCUT2D eigenvalue weighted by Crippen LogP contribution is -2.70. The molecule has 9 rings (SSSR count). The van der Waals surface area contributed by atoms with Gasteiger partial charge in [-0.25, -0.2) is 9.78 Å². The highest BCUT2D eigenvalue weighted by atomic mass is 17.3. The quantitative estimate of drug-likeness (QED) is 0.124. The average Bonchev–Trinajstić information content (AvgIpc) is 3.43. The van der Waals surface area contributed by atoms with Crippen LogP contribution in [-0.4, -0.2) is 42.0 Å². The van der Waals surface area contributed by atoms with Crippen LogP contribution in [0.4, 0.5) is 0 Å². The van der Waals surface area contributed by atoms with E-state index in [0.29, 0.717) is 5.92 Å². The summed E-state index contributed by atoms with van der Waals surface area (Å²) in [4.78, 5) is 38.4. The van der Waals surface area contributed by atoms with Gasteiger partial charge in [0.1, 0.15) is 6.10 Å². The van der Waals surface area contributed by atoms with E-state index in [9.17, 15) is 9.59 Å². The molecule has 4 heterocycles. The number of allylic oxidation sites excluding steroid dienone is 1. The molecule has 0 aromatic heterocycles. The Hall–Kier alpha value is -1.48. The van der Waals surface area contributed by atoms with Crippen molar-refractivity contribution >= 4 is 11.9 Å². The normalized spacial score (nSPS) is 47.7. The van der Waals surface area contributed by atoms with Crippen molar-refractivity contribution in [1.82, 2.24) is 0 Å². The third-order valence-electron chi connectivity index (χ3n) is 16.8. The fourth-order valence-corrected chi connectivity index (χ4v) is 13.8. The maximum atomic E-state index is 13.2.